The van der Waals surface area contributed by atoms with E-state index in [1.165, 1.54) is 0 Å². The van der Waals surface area contributed by atoms with E-state index < -0.39 is 11.6 Å². The van der Waals surface area contributed by atoms with Gasteiger partial charge in [-0.15, -0.1) is 0 Å². The van der Waals surface area contributed by atoms with Gasteiger partial charge in [0, 0.05) is 25.5 Å². The molecule has 2 N–H and O–H groups in total. The number of nitrogens with one attached hydrogen (secondary N) is 2. The molecule has 1 spiro atoms. The summed E-state index contributed by atoms with van der Waals surface area (Å²) in [6, 6.07) is 15.0. The zero-order valence-corrected chi connectivity index (χ0v) is 17.5. The number of hydrogen-bond acceptors (Lipinski definition) is 4. The van der Waals surface area contributed by atoms with Crippen molar-refractivity contribution in [3.63, 3.8) is 0 Å². The Hall–Kier alpha value is -3.94. The molecule has 8 heteroatoms. The number of fused-ring (bicyclic) bond motifs is 2. The first-order valence-corrected chi connectivity index (χ1v) is 10.6. The fourth-order valence-corrected chi connectivity index (χ4v) is 4.49. The Kier molecular flexibility index (Phi) is 4.97. The monoisotopic (exact) mass is 429 g/mol. The Labute approximate surface area is 185 Å². The second kappa shape index (κ2) is 7.96. The Morgan fingerprint density at radius 1 is 1.09 bits per heavy atom. The van der Waals surface area contributed by atoms with Gasteiger partial charge in [0.2, 0.25) is 5.91 Å². The minimum Gasteiger partial charge on any atom is -0.350 e. The van der Waals surface area contributed by atoms with Gasteiger partial charge >= 0.3 is 6.03 Å². The molecule has 32 heavy (non-hydrogen) atoms. The van der Waals surface area contributed by atoms with Crippen LogP contribution >= 0.6 is 0 Å². The lowest BCUT2D eigenvalue weighted by Gasteiger charge is -2.22. The fourth-order valence-electron chi connectivity index (χ4n) is 4.49. The molecule has 2 heterocycles. The van der Waals surface area contributed by atoms with E-state index in [9.17, 15) is 14.4 Å². The van der Waals surface area contributed by atoms with Crippen molar-refractivity contribution in [1.29, 1.82) is 0 Å². The molecule has 1 aromatic heterocycles. The second-order valence-electron chi connectivity index (χ2n) is 8.21. The van der Waals surface area contributed by atoms with Crippen molar-refractivity contribution in [2.24, 2.45) is 0 Å². The van der Waals surface area contributed by atoms with E-state index in [0.717, 1.165) is 40.1 Å². The van der Waals surface area contributed by atoms with Crippen molar-refractivity contribution < 1.29 is 14.4 Å². The van der Waals surface area contributed by atoms with Crippen molar-refractivity contribution in [3.8, 4) is 0 Å². The molecule has 1 atom stereocenters. The van der Waals surface area contributed by atoms with E-state index >= 15 is 0 Å². The summed E-state index contributed by atoms with van der Waals surface area (Å²) in [7, 11) is 0. The van der Waals surface area contributed by atoms with Crippen LogP contribution in [0, 0.1) is 0 Å². The highest BCUT2D eigenvalue weighted by molar-refractivity contribution is 6.09. The molecule has 8 nitrogen and oxygen atoms in total. The van der Waals surface area contributed by atoms with Crippen LogP contribution in [-0.4, -0.2) is 38.8 Å². The summed E-state index contributed by atoms with van der Waals surface area (Å²) in [6.45, 7) is 0.749. The van der Waals surface area contributed by atoms with Crippen LogP contribution in [0.4, 0.5) is 4.79 Å². The highest BCUT2D eigenvalue weighted by Gasteiger charge is 2.55. The highest BCUT2D eigenvalue weighted by atomic mass is 16.2. The molecular formula is C24H23N5O3. The number of urea groups is 1. The summed E-state index contributed by atoms with van der Waals surface area (Å²) < 4.78 is 1.98. The third-order valence-corrected chi connectivity index (χ3v) is 6.16. The van der Waals surface area contributed by atoms with Crippen molar-refractivity contribution in [3.05, 3.63) is 89.5 Å². The maximum atomic E-state index is 13.1. The molecule has 1 fully saturated rings. The second-order valence-corrected chi connectivity index (χ2v) is 8.21. The Balaban J connectivity index is 1.19. The molecule has 2 aromatic carbocycles. The van der Waals surface area contributed by atoms with Crippen LogP contribution in [0.1, 0.15) is 28.7 Å². The van der Waals surface area contributed by atoms with Crippen LogP contribution in [-0.2, 0) is 34.6 Å². The van der Waals surface area contributed by atoms with Gasteiger partial charge in [-0.25, -0.2) is 9.78 Å². The summed E-state index contributed by atoms with van der Waals surface area (Å²) in [5.41, 5.74) is 2.91. The number of imide groups is 1. The summed E-state index contributed by atoms with van der Waals surface area (Å²) in [4.78, 5) is 43.2. The number of benzene rings is 2. The van der Waals surface area contributed by atoms with Crippen molar-refractivity contribution >= 4 is 17.8 Å². The SMILES string of the molecule is O=C(CN1C(=O)N[C@]2(CCc3ccccc32)C1=O)NCc1ccc(Cn2ccnc2)cc1. The number of rotatable bonds is 6. The molecule has 1 aliphatic carbocycles. The number of carbonyl (C=O) groups excluding carboxylic acids is 3. The van der Waals surface area contributed by atoms with E-state index in [0.29, 0.717) is 13.0 Å². The van der Waals surface area contributed by atoms with Gasteiger partial charge in [-0.3, -0.25) is 14.5 Å². The molecule has 3 aromatic rings. The minimum absolute atomic E-state index is 0.298. The van der Waals surface area contributed by atoms with Crippen LogP contribution in [0.15, 0.2) is 67.3 Å². The van der Waals surface area contributed by atoms with Gasteiger partial charge in [0.1, 0.15) is 12.1 Å². The predicted octanol–water partition coefficient (Wildman–Crippen LogP) is 1.94. The number of nitrogens with zero attached hydrogens (tertiary/aromatic N) is 3. The van der Waals surface area contributed by atoms with E-state index in [-0.39, 0.29) is 18.4 Å². The molecule has 5 rings (SSSR count). The van der Waals surface area contributed by atoms with Crippen LogP contribution in [0.2, 0.25) is 0 Å². The van der Waals surface area contributed by atoms with Gasteiger partial charge < -0.3 is 15.2 Å². The van der Waals surface area contributed by atoms with Gasteiger partial charge in [0.15, 0.2) is 0 Å². The van der Waals surface area contributed by atoms with Crippen molar-refractivity contribution in [1.82, 2.24) is 25.1 Å². The quantitative estimate of drug-likeness (QED) is 0.586. The molecule has 4 amide bonds. The molecule has 0 radical (unpaired) electrons. The summed E-state index contributed by atoms with van der Waals surface area (Å²) in [6.07, 6.45) is 6.64. The van der Waals surface area contributed by atoms with Crippen LogP contribution in [0.5, 0.6) is 0 Å². The van der Waals surface area contributed by atoms with Crippen molar-refractivity contribution in [2.75, 3.05) is 6.54 Å². The zero-order valence-electron chi connectivity index (χ0n) is 17.5. The zero-order chi connectivity index (χ0) is 22.1. The van der Waals surface area contributed by atoms with Gasteiger partial charge in [0.25, 0.3) is 5.91 Å². The van der Waals surface area contributed by atoms with E-state index in [2.05, 4.69) is 15.6 Å². The fraction of sp³-hybridized carbons (Fsp3) is 0.250. The maximum Gasteiger partial charge on any atom is 0.325 e. The molecule has 0 unspecified atom stereocenters. The Bertz CT molecular complexity index is 1170. The molecule has 0 saturated carbocycles. The maximum absolute atomic E-state index is 13.1. The Morgan fingerprint density at radius 3 is 2.66 bits per heavy atom. The largest absolute Gasteiger partial charge is 0.350 e. The smallest absolute Gasteiger partial charge is 0.325 e. The number of aryl methyl sites for hydroxylation is 1. The van der Waals surface area contributed by atoms with Gasteiger partial charge in [-0.05, 0) is 35.1 Å². The van der Waals surface area contributed by atoms with E-state index in [1.54, 1.807) is 12.5 Å². The van der Waals surface area contributed by atoms with Crippen LogP contribution in [0.3, 0.4) is 0 Å². The molecule has 0 bridgehead atoms. The van der Waals surface area contributed by atoms with Gasteiger partial charge in [-0.1, -0.05) is 48.5 Å². The molecule has 2 aliphatic rings. The number of imidazole rings is 1. The summed E-state index contributed by atoms with van der Waals surface area (Å²) >= 11 is 0. The molecule has 162 valence electrons. The predicted molar refractivity (Wildman–Crippen MR) is 116 cm³/mol. The topological polar surface area (TPSA) is 96.3 Å². The van der Waals surface area contributed by atoms with Crippen molar-refractivity contribution in [2.45, 2.75) is 31.5 Å². The first-order valence-electron chi connectivity index (χ1n) is 10.6. The van der Waals surface area contributed by atoms with E-state index in [4.69, 9.17) is 0 Å². The lowest BCUT2D eigenvalue weighted by atomic mass is 9.92. The lowest BCUT2D eigenvalue weighted by molar-refractivity contribution is -0.135. The normalized spacial score (nSPS) is 19.3. The Morgan fingerprint density at radius 2 is 1.88 bits per heavy atom. The first kappa shape index (κ1) is 20.0. The number of amides is 4. The average molecular weight is 429 g/mol. The number of hydrogen-bond donors (Lipinski definition) is 2. The minimum atomic E-state index is -1.04. The molecule has 1 aliphatic heterocycles. The highest BCUT2D eigenvalue weighted by Crippen LogP contribution is 2.41. The summed E-state index contributed by atoms with van der Waals surface area (Å²) in [5.74, 6) is -0.731. The standard InChI is InChI=1S/C24H23N5O3/c30-21(26-13-17-5-7-18(8-6-17)14-28-12-11-25-16-28)15-29-22(31)24(27-23(29)32)10-9-19-3-1-2-4-20(19)24/h1-8,11-12,16H,9-10,13-15H2,(H,26,30)(H,27,32)/t24-/m0/s1. The number of carbonyl (C=O) groups is 3. The third-order valence-electron chi connectivity index (χ3n) is 6.16. The van der Waals surface area contributed by atoms with Gasteiger partial charge in [-0.2, -0.15) is 0 Å². The van der Waals surface area contributed by atoms with Crippen LogP contribution < -0.4 is 10.6 Å². The summed E-state index contributed by atoms with van der Waals surface area (Å²) in [5, 5.41) is 5.64. The average Bonchev–Trinajstić information content (AvgIpc) is 3.50. The molecular weight excluding hydrogens is 406 g/mol. The first-order chi connectivity index (χ1) is 15.5. The van der Waals surface area contributed by atoms with E-state index in [1.807, 2.05) is 59.3 Å². The lowest BCUT2D eigenvalue weighted by Crippen LogP contribution is -2.43. The number of aromatic nitrogens is 2. The molecule has 1 saturated heterocycles. The van der Waals surface area contributed by atoms with Gasteiger partial charge in [0.05, 0.1) is 6.33 Å². The van der Waals surface area contributed by atoms with Crippen LogP contribution in [0.25, 0.3) is 0 Å². The third kappa shape index (κ3) is 3.53.